The molecular weight excluding hydrogens is 286 g/mol. The van der Waals surface area contributed by atoms with Crippen LogP contribution in [0.5, 0.6) is 5.75 Å². The van der Waals surface area contributed by atoms with Gasteiger partial charge < -0.3 is 9.15 Å². The van der Waals surface area contributed by atoms with E-state index in [1.807, 2.05) is 32.2 Å². The summed E-state index contributed by atoms with van der Waals surface area (Å²) in [6, 6.07) is 3.69. The van der Waals surface area contributed by atoms with E-state index in [2.05, 4.69) is 15.0 Å². The second-order valence-corrected chi connectivity index (χ2v) is 5.57. The summed E-state index contributed by atoms with van der Waals surface area (Å²) in [7, 11) is 1.68. The van der Waals surface area contributed by atoms with Crippen LogP contribution in [0, 0.1) is 13.8 Å². The molecule has 0 aliphatic heterocycles. The monoisotopic (exact) mass is 301 g/mol. The Morgan fingerprint density at radius 1 is 1.29 bits per heavy atom. The molecule has 0 spiro atoms. The highest BCUT2D eigenvalue weighted by Crippen LogP contribution is 2.29. The van der Waals surface area contributed by atoms with Gasteiger partial charge in [0.15, 0.2) is 11.2 Å². The zero-order valence-corrected chi connectivity index (χ0v) is 12.9. The fourth-order valence-corrected chi connectivity index (χ4v) is 3.01. The second-order valence-electron chi connectivity index (χ2n) is 4.64. The Hall–Kier alpha value is -2.08. The molecular formula is C15H15N3O2S. The van der Waals surface area contributed by atoms with Crippen LogP contribution in [-0.4, -0.2) is 22.1 Å². The summed E-state index contributed by atoms with van der Waals surface area (Å²) in [5.74, 6) is 1.56. The number of oxazole rings is 1. The molecule has 0 aliphatic carbocycles. The molecule has 0 saturated carbocycles. The highest BCUT2D eigenvalue weighted by Gasteiger charge is 2.12. The van der Waals surface area contributed by atoms with Crippen LogP contribution in [0.2, 0.25) is 0 Å². The Morgan fingerprint density at radius 2 is 2.14 bits per heavy atom. The molecule has 0 unspecified atom stereocenters. The molecule has 0 bridgehead atoms. The number of nitrogens with zero attached hydrogens (tertiary/aromatic N) is 3. The van der Waals surface area contributed by atoms with Crippen LogP contribution in [-0.2, 0) is 5.75 Å². The van der Waals surface area contributed by atoms with E-state index in [0.29, 0.717) is 22.2 Å². The van der Waals surface area contributed by atoms with Gasteiger partial charge in [0.05, 0.1) is 12.8 Å². The molecule has 0 fully saturated rings. The van der Waals surface area contributed by atoms with Crippen molar-refractivity contribution in [2.24, 2.45) is 0 Å². The fraction of sp³-hybridized carbons (Fsp3) is 0.267. The van der Waals surface area contributed by atoms with Gasteiger partial charge in [-0.3, -0.25) is 4.98 Å². The first-order valence-electron chi connectivity index (χ1n) is 6.52. The lowest BCUT2D eigenvalue weighted by molar-refractivity contribution is 0.407. The van der Waals surface area contributed by atoms with Gasteiger partial charge in [0.25, 0.3) is 5.22 Å². The number of hydrogen-bond acceptors (Lipinski definition) is 6. The smallest absolute Gasteiger partial charge is 0.258 e. The molecule has 0 N–H and O–H groups in total. The predicted octanol–water partition coefficient (Wildman–Crippen LogP) is 3.54. The lowest BCUT2D eigenvalue weighted by Gasteiger charge is -2.11. The van der Waals surface area contributed by atoms with Crippen molar-refractivity contribution in [3.8, 4) is 5.75 Å². The van der Waals surface area contributed by atoms with Crippen molar-refractivity contribution in [3.63, 3.8) is 0 Å². The summed E-state index contributed by atoms with van der Waals surface area (Å²) < 4.78 is 11.1. The number of rotatable bonds is 4. The summed E-state index contributed by atoms with van der Waals surface area (Å²) in [5.41, 5.74) is 4.39. The summed E-state index contributed by atoms with van der Waals surface area (Å²) in [6.45, 7) is 4.00. The van der Waals surface area contributed by atoms with Crippen LogP contribution in [0.4, 0.5) is 0 Å². The summed E-state index contributed by atoms with van der Waals surface area (Å²) in [4.78, 5) is 13.0. The highest BCUT2D eigenvalue weighted by atomic mass is 32.2. The van der Waals surface area contributed by atoms with E-state index in [0.717, 1.165) is 22.6 Å². The molecule has 3 heterocycles. The third-order valence-corrected chi connectivity index (χ3v) is 4.07. The van der Waals surface area contributed by atoms with Gasteiger partial charge in [-0.1, -0.05) is 11.8 Å². The molecule has 0 radical (unpaired) electrons. The topological polar surface area (TPSA) is 61.0 Å². The van der Waals surface area contributed by atoms with E-state index in [4.69, 9.17) is 9.15 Å². The number of hydrogen-bond donors (Lipinski definition) is 0. The molecule has 21 heavy (non-hydrogen) atoms. The van der Waals surface area contributed by atoms with Gasteiger partial charge >= 0.3 is 0 Å². The molecule has 3 aromatic heterocycles. The lowest BCUT2D eigenvalue weighted by atomic mass is 10.1. The van der Waals surface area contributed by atoms with Crippen molar-refractivity contribution in [3.05, 3.63) is 41.3 Å². The van der Waals surface area contributed by atoms with Crippen molar-refractivity contribution < 1.29 is 9.15 Å². The van der Waals surface area contributed by atoms with E-state index in [-0.39, 0.29) is 0 Å². The largest absolute Gasteiger partial charge is 0.496 e. The zero-order valence-electron chi connectivity index (χ0n) is 12.1. The van der Waals surface area contributed by atoms with Crippen LogP contribution in [0.3, 0.4) is 0 Å². The number of aryl methyl sites for hydroxylation is 1. The van der Waals surface area contributed by atoms with Crippen molar-refractivity contribution in [2.75, 3.05) is 7.11 Å². The van der Waals surface area contributed by atoms with E-state index in [1.54, 1.807) is 13.3 Å². The average Bonchev–Trinajstić information content (AvgIpc) is 2.90. The number of thioether (sulfide) groups is 1. The molecule has 0 aliphatic rings. The first-order valence-corrected chi connectivity index (χ1v) is 7.51. The molecule has 0 saturated heterocycles. The van der Waals surface area contributed by atoms with Gasteiger partial charge in [-0.2, -0.15) is 4.98 Å². The van der Waals surface area contributed by atoms with Crippen LogP contribution in [0.25, 0.3) is 11.2 Å². The number of ether oxygens (including phenoxy) is 1. The first-order chi connectivity index (χ1) is 10.2. The van der Waals surface area contributed by atoms with E-state index < -0.39 is 0 Å². The zero-order chi connectivity index (χ0) is 14.8. The minimum Gasteiger partial charge on any atom is -0.496 e. The van der Waals surface area contributed by atoms with E-state index >= 15 is 0 Å². The van der Waals surface area contributed by atoms with Crippen molar-refractivity contribution in [1.82, 2.24) is 15.0 Å². The molecule has 0 atom stereocenters. The maximum atomic E-state index is 5.64. The normalized spacial score (nSPS) is 11.0. The number of methoxy groups -OCH3 is 1. The molecule has 0 aromatic carbocycles. The third-order valence-electron chi connectivity index (χ3n) is 3.23. The molecule has 3 aromatic rings. The molecule has 5 nitrogen and oxygen atoms in total. The van der Waals surface area contributed by atoms with Gasteiger partial charge in [0, 0.05) is 29.3 Å². The van der Waals surface area contributed by atoms with Gasteiger partial charge in [-0.05, 0) is 26.0 Å². The lowest BCUT2D eigenvalue weighted by Crippen LogP contribution is -1.98. The summed E-state index contributed by atoms with van der Waals surface area (Å²) >= 11 is 1.50. The first kappa shape index (κ1) is 13.9. The Labute approximate surface area is 126 Å². The van der Waals surface area contributed by atoms with Crippen LogP contribution < -0.4 is 4.74 Å². The third kappa shape index (κ3) is 2.71. The second kappa shape index (κ2) is 5.73. The quantitative estimate of drug-likeness (QED) is 0.687. The number of fused-ring (bicyclic) bond motifs is 1. The molecule has 3 rings (SSSR count). The summed E-state index contributed by atoms with van der Waals surface area (Å²) in [5, 5.41) is 0.601. The van der Waals surface area contributed by atoms with Gasteiger partial charge in [0.1, 0.15) is 5.75 Å². The van der Waals surface area contributed by atoms with Gasteiger partial charge in [-0.25, -0.2) is 4.98 Å². The predicted molar refractivity (Wildman–Crippen MR) is 81.6 cm³/mol. The Balaban J connectivity index is 1.81. The standard InChI is InChI=1S/C15H15N3O2S/c1-9-7-17-11(10(2)13(9)19-3)8-21-15-18-14-12(20-15)5-4-6-16-14/h4-7H,8H2,1-3H3. The van der Waals surface area contributed by atoms with E-state index in [1.165, 1.54) is 11.8 Å². The number of aromatic nitrogens is 3. The fourth-order valence-electron chi connectivity index (χ4n) is 2.16. The van der Waals surface area contributed by atoms with Gasteiger partial charge in [-0.15, -0.1) is 0 Å². The maximum absolute atomic E-state index is 5.64. The van der Waals surface area contributed by atoms with Crippen molar-refractivity contribution >= 4 is 23.0 Å². The Bertz CT molecular complexity index is 753. The van der Waals surface area contributed by atoms with E-state index in [9.17, 15) is 0 Å². The molecule has 108 valence electrons. The SMILES string of the molecule is COc1c(C)cnc(CSc2nc3ncccc3o2)c1C. The molecule has 0 amide bonds. The summed E-state index contributed by atoms with van der Waals surface area (Å²) in [6.07, 6.45) is 3.53. The van der Waals surface area contributed by atoms with Crippen molar-refractivity contribution in [1.29, 1.82) is 0 Å². The highest BCUT2D eigenvalue weighted by molar-refractivity contribution is 7.98. The minimum absolute atomic E-state index is 0.601. The van der Waals surface area contributed by atoms with Gasteiger partial charge in [0.2, 0.25) is 0 Å². The Kier molecular flexibility index (Phi) is 3.79. The maximum Gasteiger partial charge on any atom is 0.258 e. The molecule has 6 heteroatoms. The average molecular weight is 301 g/mol. The van der Waals surface area contributed by atoms with Crippen LogP contribution >= 0.6 is 11.8 Å². The van der Waals surface area contributed by atoms with Crippen LogP contribution in [0.1, 0.15) is 16.8 Å². The van der Waals surface area contributed by atoms with Crippen molar-refractivity contribution in [2.45, 2.75) is 24.8 Å². The number of pyridine rings is 2. The minimum atomic E-state index is 0.601. The Morgan fingerprint density at radius 3 is 2.90 bits per heavy atom. The van der Waals surface area contributed by atoms with Crippen LogP contribution in [0.15, 0.2) is 34.2 Å².